The van der Waals surface area contributed by atoms with Gasteiger partial charge in [0.15, 0.2) is 23.1 Å². The van der Waals surface area contributed by atoms with Gasteiger partial charge in [-0.15, -0.1) is 0 Å². The molecule has 0 amide bonds. The molecule has 0 fully saturated rings. The van der Waals surface area contributed by atoms with Gasteiger partial charge in [0.1, 0.15) is 22.4 Å². The summed E-state index contributed by atoms with van der Waals surface area (Å²) in [6.45, 7) is 15.1. The van der Waals surface area contributed by atoms with E-state index in [0.717, 1.165) is 12.8 Å². The van der Waals surface area contributed by atoms with E-state index in [2.05, 4.69) is 0 Å². The molecule has 0 aromatic rings. The van der Waals surface area contributed by atoms with Crippen LogP contribution < -0.4 is 0 Å². The van der Waals surface area contributed by atoms with Crippen LogP contribution in [0.4, 0.5) is 0 Å². The third-order valence-corrected chi connectivity index (χ3v) is 8.22. The van der Waals surface area contributed by atoms with Crippen LogP contribution in [-0.4, -0.2) is 107 Å². The highest BCUT2D eigenvalue weighted by atomic mass is 16.6. The number of ketones is 4. The summed E-state index contributed by atoms with van der Waals surface area (Å²) in [6, 6.07) is 0. The van der Waals surface area contributed by atoms with E-state index in [4.69, 9.17) is 33.9 Å². The van der Waals surface area contributed by atoms with Crippen molar-refractivity contribution in [3.05, 3.63) is 0 Å². The zero-order valence-electron chi connectivity index (χ0n) is 31.1. The minimum absolute atomic E-state index is 0.0272. The average molecular weight is 703 g/mol. The predicted octanol–water partition coefficient (Wildman–Crippen LogP) is 5.31. The zero-order valence-corrected chi connectivity index (χ0v) is 31.1. The first-order valence-corrected chi connectivity index (χ1v) is 17.3. The molecule has 0 saturated carbocycles. The van der Waals surface area contributed by atoms with Crippen molar-refractivity contribution in [3.63, 3.8) is 0 Å². The lowest BCUT2D eigenvalue weighted by molar-refractivity contribution is -0.145. The van der Waals surface area contributed by atoms with Crippen molar-refractivity contribution in [2.75, 3.05) is 39.6 Å². The second-order valence-electron chi connectivity index (χ2n) is 14.1. The fourth-order valence-electron chi connectivity index (χ4n) is 4.56. The molecule has 0 spiro atoms. The quantitative estimate of drug-likeness (QED) is 0.0859. The van der Waals surface area contributed by atoms with E-state index in [0.29, 0.717) is 51.7 Å². The molecular weight excluding hydrogens is 640 g/mol. The van der Waals surface area contributed by atoms with Crippen LogP contribution in [0.15, 0.2) is 0 Å². The Kier molecular flexibility index (Phi) is 21.8. The summed E-state index contributed by atoms with van der Waals surface area (Å²) in [7, 11) is 0. The van der Waals surface area contributed by atoms with Crippen molar-refractivity contribution in [3.8, 4) is 0 Å². The number of rotatable bonds is 32. The van der Waals surface area contributed by atoms with Crippen molar-refractivity contribution < 1.29 is 62.7 Å². The number of ether oxygens (including phenoxy) is 5. The highest BCUT2D eigenvalue weighted by molar-refractivity contribution is 5.89. The Morgan fingerprint density at radius 1 is 0.367 bits per heavy atom. The van der Waals surface area contributed by atoms with Crippen LogP contribution >= 0.6 is 0 Å². The van der Waals surface area contributed by atoms with Gasteiger partial charge in [-0.3, -0.25) is 28.8 Å². The van der Waals surface area contributed by atoms with Crippen LogP contribution in [0, 0.1) is 0 Å². The summed E-state index contributed by atoms with van der Waals surface area (Å²) in [5.74, 6) is -2.60. The second kappa shape index (κ2) is 23.0. The van der Waals surface area contributed by atoms with Crippen LogP contribution in [0.1, 0.15) is 132 Å². The van der Waals surface area contributed by atoms with Gasteiger partial charge >= 0.3 is 11.9 Å². The average Bonchev–Trinajstić information content (AvgIpc) is 3.00. The number of unbranched alkanes of at least 4 members (excludes halogenated alkanes) is 4. The van der Waals surface area contributed by atoms with Crippen molar-refractivity contribution in [2.45, 2.75) is 155 Å². The molecule has 0 rings (SSSR count). The molecule has 0 bridgehead atoms. The summed E-state index contributed by atoms with van der Waals surface area (Å²) in [6.07, 6.45) is 4.20. The van der Waals surface area contributed by atoms with E-state index in [-0.39, 0.29) is 75.2 Å². The lowest BCUT2D eigenvalue weighted by Crippen LogP contribution is -2.37. The van der Waals surface area contributed by atoms with Gasteiger partial charge in [-0.1, -0.05) is 12.8 Å². The molecule has 49 heavy (non-hydrogen) atoms. The monoisotopic (exact) mass is 702 g/mol. The number of aliphatic carboxylic acids is 2. The number of carbonyl (C=O) groups excluding carboxylic acids is 4. The first kappa shape index (κ1) is 46.4. The fourth-order valence-corrected chi connectivity index (χ4v) is 4.56. The molecular formula is C36H62O13. The van der Waals surface area contributed by atoms with Crippen LogP contribution in [-0.2, 0) is 52.5 Å². The molecule has 0 aromatic carbocycles. The molecule has 2 N–H and O–H groups in total. The Morgan fingerprint density at radius 3 is 0.959 bits per heavy atom. The van der Waals surface area contributed by atoms with Crippen molar-refractivity contribution in [1.82, 2.24) is 0 Å². The molecule has 0 aliphatic rings. The maximum Gasteiger partial charge on any atom is 0.303 e. The Hall–Kier alpha value is -2.58. The topological polar surface area (TPSA) is 189 Å². The summed E-state index contributed by atoms with van der Waals surface area (Å²) in [4.78, 5) is 70.9. The SMILES string of the molecule is CC(C)(OCCOCCOC(C)(C)C(=O)CCCCCOC(C)(C)C(=O)CCC(=O)O)C(=O)CCCCCOC(C)(C)C(=O)CCC(=O)O. The highest BCUT2D eigenvalue weighted by Gasteiger charge is 2.31. The number of carboxylic acids is 2. The van der Waals surface area contributed by atoms with Crippen molar-refractivity contribution >= 4 is 35.1 Å². The van der Waals surface area contributed by atoms with Gasteiger partial charge in [0, 0.05) is 38.9 Å². The summed E-state index contributed by atoms with van der Waals surface area (Å²) in [5.41, 5.74) is -4.02. The molecule has 0 aliphatic heterocycles. The number of hydrogen-bond donors (Lipinski definition) is 2. The zero-order chi connectivity index (χ0) is 37.7. The van der Waals surface area contributed by atoms with Crippen LogP contribution in [0.2, 0.25) is 0 Å². The Morgan fingerprint density at radius 2 is 0.653 bits per heavy atom. The van der Waals surface area contributed by atoms with Gasteiger partial charge < -0.3 is 33.9 Å². The fraction of sp³-hybridized carbons (Fsp3) is 0.833. The van der Waals surface area contributed by atoms with E-state index in [1.54, 1.807) is 55.4 Å². The predicted molar refractivity (Wildman–Crippen MR) is 182 cm³/mol. The molecule has 0 heterocycles. The minimum Gasteiger partial charge on any atom is -0.481 e. The Balaban J connectivity index is 4.07. The molecule has 0 aliphatic carbocycles. The maximum absolute atomic E-state index is 12.7. The van der Waals surface area contributed by atoms with Gasteiger partial charge in [0.05, 0.1) is 39.3 Å². The van der Waals surface area contributed by atoms with Gasteiger partial charge in [0.2, 0.25) is 0 Å². The van der Waals surface area contributed by atoms with Crippen LogP contribution in [0.25, 0.3) is 0 Å². The number of hydrogen-bond acceptors (Lipinski definition) is 11. The standard InChI is InChI=1S/C36H62O13/c1-33(2,27(37)15-11-9-13-21-46-35(5,6)29(39)17-19-31(41)42)48-25-23-45-24-26-49-34(3,4)28(38)16-12-10-14-22-47-36(7,8)30(40)18-20-32(43)44/h9-26H2,1-8H3,(H,41,42)(H,43,44). The number of Topliss-reactive ketones (excluding diaryl/α,β-unsaturated/α-hetero) is 4. The van der Waals surface area contributed by atoms with Gasteiger partial charge in [0.25, 0.3) is 0 Å². The summed E-state index contributed by atoms with van der Waals surface area (Å²) >= 11 is 0. The molecule has 13 heteroatoms. The third kappa shape index (κ3) is 21.3. The molecule has 0 atom stereocenters. The lowest BCUT2D eigenvalue weighted by atomic mass is 9.98. The smallest absolute Gasteiger partial charge is 0.303 e. The Bertz CT molecular complexity index is 977. The van der Waals surface area contributed by atoms with Crippen LogP contribution in [0.5, 0.6) is 0 Å². The maximum atomic E-state index is 12.7. The molecule has 0 unspecified atom stereocenters. The van der Waals surface area contributed by atoms with E-state index in [9.17, 15) is 28.8 Å². The van der Waals surface area contributed by atoms with Crippen molar-refractivity contribution in [2.24, 2.45) is 0 Å². The molecule has 0 radical (unpaired) electrons. The molecule has 0 saturated heterocycles. The molecule has 284 valence electrons. The van der Waals surface area contributed by atoms with Gasteiger partial charge in [-0.25, -0.2) is 0 Å². The van der Waals surface area contributed by atoms with Gasteiger partial charge in [-0.2, -0.15) is 0 Å². The van der Waals surface area contributed by atoms with Crippen LogP contribution in [0.3, 0.4) is 0 Å². The van der Waals surface area contributed by atoms with E-state index in [1.165, 1.54) is 0 Å². The minimum atomic E-state index is -1.04. The second-order valence-corrected chi connectivity index (χ2v) is 14.1. The van der Waals surface area contributed by atoms with E-state index >= 15 is 0 Å². The number of carboxylic acid groups (broad SMARTS) is 2. The molecule has 13 nitrogen and oxygen atoms in total. The van der Waals surface area contributed by atoms with Gasteiger partial charge in [-0.05, 0) is 81.1 Å². The largest absolute Gasteiger partial charge is 0.481 e. The first-order valence-electron chi connectivity index (χ1n) is 17.3. The van der Waals surface area contributed by atoms with E-state index in [1.807, 2.05) is 0 Å². The summed E-state index contributed by atoms with van der Waals surface area (Å²) in [5, 5.41) is 17.5. The Labute approximate surface area is 292 Å². The lowest BCUT2D eigenvalue weighted by Gasteiger charge is -2.25. The number of carbonyl (C=O) groups is 6. The normalized spacial score (nSPS) is 12.6. The molecule has 0 aromatic heterocycles. The first-order chi connectivity index (χ1) is 22.6. The summed E-state index contributed by atoms with van der Waals surface area (Å²) < 4.78 is 28.4. The van der Waals surface area contributed by atoms with E-state index < -0.39 is 34.3 Å². The highest BCUT2D eigenvalue weighted by Crippen LogP contribution is 2.20. The van der Waals surface area contributed by atoms with Crippen molar-refractivity contribution in [1.29, 1.82) is 0 Å². The third-order valence-electron chi connectivity index (χ3n) is 8.22.